The Morgan fingerprint density at radius 2 is 2.03 bits per heavy atom. The number of H-pyrrole nitrogens is 1. The zero-order valence-electron chi connectivity index (χ0n) is 17.1. The summed E-state index contributed by atoms with van der Waals surface area (Å²) in [6, 6.07) is 17.7. The molecular weight excluding hydrogens is 428 g/mol. The van der Waals surface area contributed by atoms with Gasteiger partial charge in [-0.05, 0) is 41.5 Å². The van der Waals surface area contributed by atoms with Crippen molar-refractivity contribution in [3.63, 3.8) is 0 Å². The maximum atomic E-state index is 12.8. The molecule has 0 radical (unpaired) electrons. The van der Waals surface area contributed by atoms with Gasteiger partial charge in [0.15, 0.2) is 0 Å². The van der Waals surface area contributed by atoms with Crippen LogP contribution in [0.5, 0.6) is 0 Å². The minimum atomic E-state index is -0.422. The Morgan fingerprint density at radius 1 is 1.16 bits per heavy atom. The molecule has 0 fully saturated rings. The number of aromatic amines is 1. The molecule has 2 N–H and O–H groups in total. The number of nitro groups is 1. The van der Waals surface area contributed by atoms with Gasteiger partial charge in [-0.15, -0.1) is 0 Å². The Balaban J connectivity index is 1.60. The first-order chi connectivity index (χ1) is 15.5. The maximum Gasteiger partial charge on any atom is 0.270 e. The minimum absolute atomic E-state index is 0.00278. The van der Waals surface area contributed by atoms with E-state index in [0.717, 1.165) is 22.3 Å². The number of nitrogens with zero attached hydrogens (tertiary/aromatic N) is 2. The summed E-state index contributed by atoms with van der Waals surface area (Å²) < 4.78 is 0. The van der Waals surface area contributed by atoms with E-state index in [1.807, 2.05) is 36.4 Å². The average molecular weight is 449 g/mol. The molecule has 0 aliphatic carbocycles. The lowest BCUT2D eigenvalue weighted by molar-refractivity contribution is -0.384. The zero-order chi connectivity index (χ0) is 22.5. The smallest absolute Gasteiger partial charge is 0.270 e. The Morgan fingerprint density at radius 3 is 2.78 bits per heavy atom. The van der Waals surface area contributed by atoms with Gasteiger partial charge < -0.3 is 10.3 Å². The molecule has 4 aromatic rings. The standard InChI is InChI=1S/C24H21ClN4O3/c25-17-5-3-4-16(12-17)20(14-24(30)27-11-9-18-6-1-2-10-26-18)22-15-28-23-8-7-19(29(31)32)13-21(22)23/h1-8,10,12-13,15,20,28H,9,11,14H2,(H,27,30)/t20-/m1/s1. The third-order valence-electron chi connectivity index (χ3n) is 5.35. The van der Waals surface area contributed by atoms with Crippen LogP contribution < -0.4 is 5.32 Å². The molecule has 2 heterocycles. The predicted molar refractivity (Wildman–Crippen MR) is 124 cm³/mol. The highest BCUT2D eigenvalue weighted by Gasteiger charge is 2.23. The summed E-state index contributed by atoms with van der Waals surface area (Å²) in [6.07, 6.45) is 4.34. The lowest BCUT2D eigenvalue weighted by Crippen LogP contribution is -2.27. The number of nitro benzene ring substituents is 1. The number of benzene rings is 2. The largest absolute Gasteiger partial charge is 0.361 e. The van der Waals surface area contributed by atoms with Crippen molar-refractivity contribution in [1.82, 2.24) is 15.3 Å². The number of hydrogen-bond acceptors (Lipinski definition) is 4. The average Bonchev–Trinajstić information content (AvgIpc) is 3.21. The fraction of sp³-hybridized carbons (Fsp3) is 0.167. The number of carbonyl (C=O) groups excluding carboxylic acids is 1. The van der Waals surface area contributed by atoms with Gasteiger partial charge in [-0.1, -0.05) is 29.8 Å². The number of non-ortho nitro benzene ring substituents is 1. The van der Waals surface area contributed by atoms with Crippen LogP contribution in [0.2, 0.25) is 5.02 Å². The monoisotopic (exact) mass is 448 g/mol. The van der Waals surface area contributed by atoms with E-state index in [9.17, 15) is 14.9 Å². The molecule has 2 aromatic heterocycles. The number of carbonyl (C=O) groups is 1. The second-order valence-electron chi connectivity index (χ2n) is 7.46. The number of hydrogen-bond donors (Lipinski definition) is 2. The van der Waals surface area contributed by atoms with Crippen LogP contribution in [0.15, 0.2) is 73.1 Å². The van der Waals surface area contributed by atoms with E-state index in [1.165, 1.54) is 12.1 Å². The predicted octanol–water partition coefficient (Wildman–Crippen LogP) is 5.01. The van der Waals surface area contributed by atoms with Crippen LogP contribution in [-0.4, -0.2) is 27.3 Å². The number of nitrogens with one attached hydrogen (secondary N) is 2. The second kappa shape index (κ2) is 9.62. The summed E-state index contributed by atoms with van der Waals surface area (Å²) in [5.41, 5.74) is 3.36. The van der Waals surface area contributed by atoms with Gasteiger partial charge in [0.1, 0.15) is 0 Å². The first-order valence-electron chi connectivity index (χ1n) is 10.2. The van der Waals surface area contributed by atoms with Crippen molar-refractivity contribution >= 4 is 34.1 Å². The van der Waals surface area contributed by atoms with Crippen molar-refractivity contribution in [3.8, 4) is 0 Å². The van der Waals surface area contributed by atoms with Crippen LogP contribution in [0.25, 0.3) is 10.9 Å². The van der Waals surface area contributed by atoms with Crippen LogP contribution in [0.1, 0.15) is 29.2 Å². The Labute approximate surface area is 189 Å². The van der Waals surface area contributed by atoms with Crippen molar-refractivity contribution in [1.29, 1.82) is 0 Å². The molecule has 0 aliphatic heterocycles. The first-order valence-corrected chi connectivity index (χ1v) is 10.6. The Bertz CT molecular complexity index is 1260. The van der Waals surface area contributed by atoms with Gasteiger partial charge in [0.2, 0.25) is 5.91 Å². The van der Waals surface area contributed by atoms with Crippen molar-refractivity contribution < 1.29 is 9.72 Å². The van der Waals surface area contributed by atoms with E-state index in [-0.39, 0.29) is 23.9 Å². The first kappa shape index (κ1) is 21.5. The topological polar surface area (TPSA) is 101 Å². The fourth-order valence-electron chi connectivity index (χ4n) is 3.80. The molecule has 162 valence electrons. The van der Waals surface area contributed by atoms with Gasteiger partial charge in [-0.25, -0.2) is 0 Å². The second-order valence-corrected chi connectivity index (χ2v) is 7.90. The van der Waals surface area contributed by atoms with Crippen LogP contribution in [-0.2, 0) is 11.2 Å². The van der Waals surface area contributed by atoms with E-state index in [0.29, 0.717) is 23.4 Å². The van der Waals surface area contributed by atoms with E-state index in [2.05, 4.69) is 15.3 Å². The lowest BCUT2D eigenvalue weighted by atomic mass is 9.88. The van der Waals surface area contributed by atoms with Crippen LogP contribution in [0, 0.1) is 10.1 Å². The molecule has 4 rings (SSSR count). The molecule has 1 atom stereocenters. The van der Waals surface area contributed by atoms with E-state index in [4.69, 9.17) is 11.6 Å². The molecule has 1 amide bonds. The van der Waals surface area contributed by atoms with E-state index in [1.54, 1.807) is 24.5 Å². The summed E-state index contributed by atoms with van der Waals surface area (Å²) in [5, 5.41) is 15.5. The third-order valence-corrected chi connectivity index (χ3v) is 5.59. The molecule has 8 heteroatoms. The molecule has 0 aliphatic rings. The maximum absolute atomic E-state index is 12.8. The Hall–Kier alpha value is -3.71. The number of amides is 1. The van der Waals surface area contributed by atoms with Gasteiger partial charge in [-0.3, -0.25) is 19.9 Å². The summed E-state index contributed by atoms with van der Waals surface area (Å²) >= 11 is 6.22. The molecule has 2 aromatic carbocycles. The van der Waals surface area contributed by atoms with Gasteiger partial charge >= 0.3 is 0 Å². The molecule has 0 spiro atoms. The van der Waals surface area contributed by atoms with Crippen molar-refractivity contribution in [3.05, 3.63) is 105 Å². The van der Waals surface area contributed by atoms with Crippen LogP contribution in [0.3, 0.4) is 0 Å². The molecule has 0 unspecified atom stereocenters. The van der Waals surface area contributed by atoms with E-state index < -0.39 is 4.92 Å². The summed E-state index contributed by atoms with van der Waals surface area (Å²) in [6.45, 7) is 0.470. The number of halogens is 1. The van der Waals surface area contributed by atoms with E-state index >= 15 is 0 Å². The summed E-state index contributed by atoms with van der Waals surface area (Å²) in [4.78, 5) is 31.1. The molecule has 0 bridgehead atoms. The van der Waals surface area contributed by atoms with Crippen LogP contribution >= 0.6 is 11.6 Å². The number of fused-ring (bicyclic) bond motifs is 1. The highest BCUT2D eigenvalue weighted by molar-refractivity contribution is 6.30. The number of rotatable bonds is 8. The molecular formula is C24H21ClN4O3. The quantitative estimate of drug-likeness (QED) is 0.292. The van der Waals surface area contributed by atoms with Gasteiger partial charge in [0.05, 0.1) is 4.92 Å². The molecule has 0 saturated heterocycles. The molecule has 32 heavy (non-hydrogen) atoms. The number of pyridine rings is 1. The highest BCUT2D eigenvalue weighted by atomic mass is 35.5. The van der Waals surface area contributed by atoms with Crippen LogP contribution in [0.4, 0.5) is 5.69 Å². The fourth-order valence-corrected chi connectivity index (χ4v) is 4.00. The SMILES string of the molecule is O=C(C[C@H](c1cccc(Cl)c1)c1c[nH]c2ccc([N+](=O)[O-])cc12)NCCc1ccccn1. The van der Waals surface area contributed by atoms with Gasteiger partial charge in [0, 0.05) is 71.5 Å². The lowest BCUT2D eigenvalue weighted by Gasteiger charge is -2.17. The zero-order valence-corrected chi connectivity index (χ0v) is 17.9. The normalized spacial score (nSPS) is 11.9. The summed E-state index contributed by atoms with van der Waals surface area (Å²) in [5.74, 6) is -0.440. The highest BCUT2D eigenvalue weighted by Crippen LogP contribution is 2.35. The molecule has 0 saturated carbocycles. The molecule has 7 nitrogen and oxygen atoms in total. The summed E-state index contributed by atoms with van der Waals surface area (Å²) in [7, 11) is 0. The van der Waals surface area contributed by atoms with Crippen molar-refractivity contribution in [2.45, 2.75) is 18.8 Å². The Kier molecular flexibility index (Phi) is 6.47. The number of aromatic nitrogens is 2. The van der Waals surface area contributed by atoms with Crippen molar-refractivity contribution in [2.75, 3.05) is 6.54 Å². The van der Waals surface area contributed by atoms with Crippen molar-refractivity contribution in [2.24, 2.45) is 0 Å². The minimum Gasteiger partial charge on any atom is -0.361 e. The van der Waals surface area contributed by atoms with Gasteiger partial charge in [-0.2, -0.15) is 0 Å². The van der Waals surface area contributed by atoms with Gasteiger partial charge in [0.25, 0.3) is 5.69 Å². The third kappa shape index (κ3) is 4.95.